The van der Waals surface area contributed by atoms with Gasteiger partial charge in [0.25, 0.3) is 11.8 Å². The van der Waals surface area contributed by atoms with Crippen molar-refractivity contribution in [3.8, 4) is 5.75 Å². The number of ether oxygens (including phenoxy) is 1. The van der Waals surface area contributed by atoms with Crippen LogP contribution in [0.15, 0.2) is 23.6 Å². The Morgan fingerprint density at radius 2 is 2.18 bits per heavy atom. The molecule has 1 N–H and O–H groups in total. The van der Waals surface area contributed by atoms with Crippen molar-refractivity contribution < 1.29 is 14.3 Å². The number of anilines is 1. The van der Waals surface area contributed by atoms with E-state index in [4.69, 9.17) is 4.74 Å². The third kappa shape index (κ3) is 3.76. The first-order valence-electron chi connectivity index (χ1n) is 9.70. The lowest BCUT2D eigenvalue weighted by Crippen LogP contribution is -2.38. The van der Waals surface area contributed by atoms with Gasteiger partial charge in [-0.05, 0) is 42.4 Å². The number of nitrogens with one attached hydrogen (secondary N) is 1. The van der Waals surface area contributed by atoms with Crippen LogP contribution >= 0.6 is 11.3 Å². The van der Waals surface area contributed by atoms with E-state index in [2.05, 4.69) is 37.1 Å². The Morgan fingerprint density at radius 3 is 2.89 bits per heavy atom. The number of carbonyl (C=O) groups is 2. The fourth-order valence-electron chi connectivity index (χ4n) is 3.11. The second-order valence-electron chi connectivity index (χ2n) is 8.06. The predicted molar refractivity (Wildman–Crippen MR) is 109 cm³/mol. The highest BCUT2D eigenvalue weighted by molar-refractivity contribution is 7.09. The van der Waals surface area contributed by atoms with Crippen molar-refractivity contribution in [2.45, 2.75) is 58.0 Å². The zero-order valence-electron chi connectivity index (χ0n) is 16.4. The third-order valence-corrected chi connectivity index (χ3v) is 6.39. The third-order valence-electron chi connectivity index (χ3n) is 5.56. The van der Waals surface area contributed by atoms with Gasteiger partial charge in [-0.15, -0.1) is 11.3 Å². The van der Waals surface area contributed by atoms with E-state index in [-0.39, 0.29) is 23.8 Å². The van der Waals surface area contributed by atoms with Gasteiger partial charge < -0.3 is 10.1 Å². The Balaban J connectivity index is 1.58. The minimum absolute atomic E-state index is 0.0104. The largest absolute Gasteiger partial charge is 0.482 e. The van der Waals surface area contributed by atoms with Gasteiger partial charge in [-0.25, -0.2) is 4.98 Å². The van der Waals surface area contributed by atoms with Gasteiger partial charge >= 0.3 is 0 Å². The number of benzene rings is 1. The van der Waals surface area contributed by atoms with Crippen molar-refractivity contribution in [1.29, 1.82) is 0 Å². The second kappa shape index (κ2) is 7.20. The lowest BCUT2D eigenvalue weighted by atomic mass is 9.82. The average Bonchev–Trinajstić information content (AvgIpc) is 3.37. The molecule has 1 fully saturated rings. The van der Waals surface area contributed by atoms with E-state index in [0.29, 0.717) is 24.0 Å². The van der Waals surface area contributed by atoms with E-state index in [1.54, 1.807) is 10.3 Å². The lowest BCUT2D eigenvalue weighted by Gasteiger charge is -2.31. The normalized spacial score (nSPS) is 16.5. The van der Waals surface area contributed by atoms with Gasteiger partial charge in [0.1, 0.15) is 16.5 Å². The van der Waals surface area contributed by atoms with Crippen molar-refractivity contribution in [2.75, 3.05) is 11.5 Å². The topological polar surface area (TPSA) is 71.5 Å². The van der Waals surface area contributed by atoms with E-state index in [9.17, 15) is 9.59 Å². The van der Waals surface area contributed by atoms with Crippen LogP contribution in [0.4, 0.5) is 5.69 Å². The zero-order valence-corrected chi connectivity index (χ0v) is 17.3. The van der Waals surface area contributed by atoms with Gasteiger partial charge in [-0.3, -0.25) is 14.5 Å². The van der Waals surface area contributed by atoms with Crippen LogP contribution in [-0.2, 0) is 16.8 Å². The Morgan fingerprint density at radius 1 is 1.39 bits per heavy atom. The number of aromatic nitrogens is 1. The van der Waals surface area contributed by atoms with Crippen molar-refractivity contribution in [3.05, 3.63) is 39.8 Å². The molecule has 0 atom stereocenters. The molecule has 0 unspecified atom stereocenters. The molecule has 1 saturated carbocycles. The number of hydrogen-bond donors (Lipinski definition) is 1. The number of rotatable bonds is 6. The molecule has 1 aliphatic carbocycles. The molecule has 2 aliphatic rings. The molecule has 0 saturated heterocycles. The van der Waals surface area contributed by atoms with Gasteiger partial charge in [0.15, 0.2) is 6.61 Å². The molecule has 2 amide bonds. The Kier molecular flexibility index (Phi) is 4.87. The second-order valence-corrected chi connectivity index (χ2v) is 9.01. The van der Waals surface area contributed by atoms with Crippen LogP contribution in [0.1, 0.15) is 61.1 Å². The maximum atomic E-state index is 12.6. The summed E-state index contributed by atoms with van der Waals surface area (Å²) in [6, 6.07) is 6.35. The van der Waals surface area contributed by atoms with Crippen molar-refractivity contribution in [1.82, 2.24) is 10.3 Å². The summed E-state index contributed by atoms with van der Waals surface area (Å²) in [4.78, 5) is 30.9. The van der Waals surface area contributed by atoms with Crippen molar-refractivity contribution >= 4 is 28.8 Å². The highest BCUT2D eigenvalue weighted by Crippen LogP contribution is 2.38. The monoisotopic (exact) mass is 399 g/mol. The first-order valence-corrected chi connectivity index (χ1v) is 10.6. The highest BCUT2D eigenvalue weighted by Gasteiger charge is 2.30. The van der Waals surface area contributed by atoms with Crippen LogP contribution in [0.5, 0.6) is 5.75 Å². The fourth-order valence-corrected chi connectivity index (χ4v) is 3.87. The molecule has 6 nitrogen and oxygen atoms in total. The van der Waals surface area contributed by atoms with Crippen LogP contribution in [0.25, 0.3) is 0 Å². The zero-order chi connectivity index (χ0) is 19.9. The van der Waals surface area contributed by atoms with Crippen LogP contribution < -0.4 is 15.0 Å². The molecular weight excluding hydrogens is 374 g/mol. The van der Waals surface area contributed by atoms with E-state index in [0.717, 1.165) is 30.0 Å². The Hall–Kier alpha value is -2.41. The first kappa shape index (κ1) is 18.9. The quantitative estimate of drug-likeness (QED) is 0.805. The number of nitrogens with zero attached hydrogens (tertiary/aromatic N) is 2. The van der Waals surface area contributed by atoms with Crippen molar-refractivity contribution in [3.63, 3.8) is 0 Å². The SMILES string of the molecule is CCC(C)(C)c1ccc2c(c1)N(Cc1nc(C(=O)NC3CC3)cs1)C(=O)CO2. The Bertz CT molecular complexity index is 917. The summed E-state index contributed by atoms with van der Waals surface area (Å²) in [7, 11) is 0. The lowest BCUT2D eigenvalue weighted by molar-refractivity contribution is -0.121. The number of thiazole rings is 1. The standard InChI is InChI=1S/C21H25N3O3S/c1-4-21(2,3)13-5-8-17-16(9-13)24(19(25)11-27-17)10-18-23-15(12-28-18)20(26)22-14-6-7-14/h5,8-9,12,14H,4,6-7,10-11H2,1-3H3,(H,22,26). The van der Waals surface area contributed by atoms with Gasteiger partial charge in [0.05, 0.1) is 12.2 Å². The molecule has 4 rings (SSSR count). The summed E-state index contributed by atoms with van der Waals surface area (Å²) in [5.41, 5.74) is 2.38. The number of amides is 2. The molecule has 1 aromatic carbocycles. The molecule has 148 valence electrons. The minimum Gasteiger partial charge on any atom is -0.482 e. The van der Waals surface area contributed by atoms with Crippen molar-refractivity contribution in [2.24, 2.45) is 0 Å². The maximum Gasteiger partial charge on any atom is 0.270 e. The van der Waals surface area contributed by atoms with Crippen LogP contribution in [-0.4, -0.2) is 29.4 Å². The van der Waals surface area contributed by atoms with Crippen LogP contribution in [0, 0.1) is 0 Å². The molecule has 28 heavy (non-hydrogen) atoms. The highest BCUT2D eigenvalue weighted by atomic mass is 32.1. The fraction of sp³-hybridized carbons (Fsp3) is 0.476. The summed E-state index contributed by atoms with van der Waals surface area (Å²) >= 11 is 1.40. The molecule has 1 aliphatic heterocycles. The summed E-state index contributed by atoms with van der Waals surface area (Å²) < 4.78 is 5.63. The molecule has 2 heterocycles. The Labute approximate surface area is 168 Å². The number of fused-ring (bicyclic) bond motifs is 1. The average molecular weight is 400 g/mol. The summed E-state index contributed by atoms with van der Waals surface area (Å²) in [5, 5.41) is 5.44. The molecule has 0 radical (unpaired) electrons. The van der Waals surface area contributed by atoms with Gasteiger partial charge in [-0.2, -0.15) is 0 Å². The number of hydrogen-bond acceptors (Lipinski definition) is 5. The molecule has 7 heteroatoms. The molecular formula is C21H25N3O3S. The van der Waals surface area contributed by atoms with E-state index >= 15 is 0 Å². The van der Waals surface area contributed by atoms with E-state index in [1.165, 1.54) is 16.9 Å². The summed E-state index contributed by atoms with van der Waals surface area (Å²) in [6.07, 6.45) is 3.07. The molecule has 0 spiro atoms. The maximum absolute atomic E-state index is 12.6. The molecule has 2 aromatic rings. The van der Waals surface area contributed by atoms with E-state index in [1.807, 2.05) is 12.1 Å². The summed E-state index contributed by atoms with van der Waals surface area (Å²) in [5.74, 6) is 0.474. The van der Waals surface area contributed by atoms with Gasteiger partial charge in [0.2, 0.25) is 0 Å². The van der Waals surface area contributed by atoms with Gasteiger partial charge in [-0.1, -0.05) is 26.8 Å². The predicted octanol–water partition coefficient (Wildman–Crippen LogP) is 3.65. The molecule has 1 aromatic heterocycles. The van der Waals surface area contributed by atoms with Crippen LogP contribution in [0.3, 0.4) is 0 Å². The minimum atomic E-state index is -0.134. The van der Waals surface area contributed by atoms with E-state index < -0.39 is 0 Å². The smallest absolute Gasteiger partial charge is 0.270 e. The molecule has 0 bridgehead atoms. The first-order chi connectivity index (χ1) is 13.4. The van der Waals surface area contributed by atoms with Crippen LogP contribution in [0.2, 0.25) is 0 Å². The summed E-state index contributed by atoms with van der Waals surface area (Å²) in [6.45, 7) is 6.89. The van der Waals surface area contributed by atoms with Gasteiger partial charge in [0, 0.05) is 11.4 Å². The number of carbonyl (C=O) groups excluding carboxylic acids is 2.